The number of para-hydroxylation sites is 1. The van der Waals surface area contributed by atoms with Crippen molar-refractivity contribution in [3.05, 3.63) is 48.5 Å². The molecule has 2 aromatic rings. The smallest absolute Gasteiger partial charge is 0.485 e. The molecule has 1 heterocycles. The maximum atomic E-state index is 10.7. The number of rotatable bonds is 1. The predicted molar refractivity (Wildman–Crippen MR) is 62.8 cm³/mol. The first kappa shape index (κ1) is 16.2. The monoisotopic (exact) mass is 308 g/mol. The Bertz CT molecular complexity index is 651. The Hall–Kier alpha value is -1.87. The largest absolute Gasteiger partial charge is 0.741 e. The third-order valence-electron chi connectivity index (χ3n) is 2.10. The molecule has 0 bridgehead atoms. The number of imidazole rings is 1. The summed E-state index contributed by atoms with van der Waals surface area (Å²) >= 11 is 0. The van der Waals surface area contributed by atoms with Crippen LogP contribution in [0.4, 0.5) is 13.2 Å². The van der Waals surface area contributed by atoms with Crippen LogP contribution in [0, 0.1) is 6.92 Å². The van der Waals surface area contributed by atoms with Gasteiger partial charge in [-0.15, -0.1) is 0 Å². The molecule has 0 unspecified atom stereocenters. The van der Waals surface area contributed by atoms with Gasteiger partial charge in [-0.3, -0.25) is 0 Å². The van der Waals surface area contributed by atoms with Gasteiger partial charge in [-0.1, -0.05) is 18.2 Å². The van der Waals surface area contributed by atoms with E-state index in [1.54, 1.807) is 0 Å². The number of hydrogen-bond acceptors (Lipinski definition) is 3. The van der Waals surface area contributed by atoms with Crippen molar-refractivity contribution in [1.82, 2.24) is 4.98 Å². The Balaban J connectivity index is 0.000000221. The summed E-state index contributed by atoms with van der Waals surface area (Å²) in [5.74, 6) is 0. The van der Waals surface area contributed by atoms with E-state index >= 15 is 0 Å². The SMILES string of the molecule is Cc1c[n+](-c2ccccc2)c[nH]1.O=S(=O)([O-])C(F)(F)F. The topological polar surface area (TPSA) is 76.9 Å². The lowest BCUT2D eigenvalue weighted by Gasteiger charge is -2.08. The third kappa shape index (κ3) is 4.67. The first-order chi connectivity index (χ1) is 9.11. The highest BCUT2D eigenvalue weighted by Gasteiger charge is 2.36. The summed E-state index contributed by atoms with van der Waals surface area (Å²) in [5, 5.41) is 0. The van der Waals surface area contributed by atoms with E-state index < -0.39 is 15.6 Å². The van der Waals surface area contributed by atoms with E-state index in [1.165, 1.54) is 11.4 Å². The minimum atomic E-state index is -6.09. The Morgan fingerprint density at radius 3 is 2.05 bits per heavy atom. The van der Waals surface area contributed by atoms with Crippen molar-refractivity contribution in [2.24, 2.45) is 0 Å². The number of nitrogens with zero attached hydrogens (tertiary/aromatic N) is 1. The van der Waals surface area contributed by atoms with Crippen LogP contribution in [-0.4, -0.2) is 23.5 Å². The van der Waals surface area contributed by atoms with Crippen LogP contribution < -0.4 is 4.57 Å². The number of aromatic nitrogens is 2. The summed E-state index contributed by atoms with van der Waals surface area (Å²) in [6.45, 7) is 2.04. The van der Waals surface area contributed by atoms with E-state index in [1.807, 2.05) is 31.5 Å². The van der Waals surface area contributed by atoms with Crippen LogP contribution in [0.15, 0.2) is 42.9 Å². The fourth-order valence-corrected chi connectivity index (χ4v) is 1.20. The molecular weight excluding hydrogens is 297 g/mol. The molecule has 2 rings (SSSR count). The van der Waals surface area contributed by atoms with Crippen LogP contribution in [0.1, 0.15) is 5.69 Å². The second-order valence-corrected chi connectivity index (χ2v) is 5.10. The number of aryl methyl sites for hydroxylation is 1. The molecule has 0 radical (unpaired) electrons. The zero-order chi connectivity index (χ0) is 15.4. The number of H-pyrrole nitrogens is 1. The van der Waals surface area contributed by atoms with E-state index in [-0.39, 0.29) is 0 Å². The summed E-state index contributed by atoms with van der Waals surface area (Å²) in [4.78, 5) is 3.13. The molecule has 0 fully saturated rings. The molecule has 20 heavy (non-hydrogen) atoms. The van der Waals surface area contributed by atoms with Gasteiger partial charge in [-0.2, -0.15) is 13.2 Å². The van der Waals surface area contributed by atoms with Crippen LogP contribution in [0.3, 0.4) is 0 Å². The van der Waals surface area contributed by atoms with Crippen molar-refractivity contribution in [2.45, 2.75) is 12.4 Å². The summed E-state index contributed by atoms with van der Waals surface area (Å²) < 4.78 is 61.0. The number of aromatic amines is 1. The van der Waals surface area contributed by atoms with Gasteiger partial charge in [0.2, 0.25) is 6.33 Å². The van der Waals surface area contributed by atoms with Gasteiger partial charge in [0.1, 0.15) is 17.6 Å². The van der Waals surface area contributed by atoms with Crippen molar-refractivity contribution in [1.29, 1.82) is 0 Å². The molecule has 1 aromatic heterocycles. The summed E-state index contributed by atoms with van der Waals surface area (Å²) in [5.41, 5.74) is -3.30. The molecule has 1 N–H and O–H groups in total. The van der Waals surface area contributed by atoms with Gasteiger partial charge in [-0.05, 0) is 12.1 Å². The molecule has 0 atom stereocenters. The number of benzene rings is 1. The highest BCUT2D eigenvalue weighted by Crippen LogP contribution is 2.20. The third-order valence-corrected chi connectivity index (χ3v) is 2.67. The molecule has 1 aromatic carbocycles. The van der Waals surface area contributed by atoms with Gasteiger partial charge in [0.25, 0.3) is 0 Å². The maximum Gasteiger partial charge on any atom is 0.485 e. The van der Waals surface area contributed by atoms with E-state index in [0.717, 1.165) is 0 Å². The molecule has 5 nitrogen and oxygen atoms in total. The lowest BCUT2D eigenvalue weighted by molar-refractivity contribution is -0.594. The van der Waals surface area contributed by atoms with Crippen LogP contribution in [0.5, 0.6) is 0 Å². The first-order valence-electron chi connectivity index (χ1n) is 5.25. The molecule has 0 saturated carbocycles. The zero-order valence-corrected chi connectivity index (χ0v) is 11.1. The van der Waals surface area contributed by atoms with Crippen molar-refractivity contribution in [3.8, 4) is 5.69 Å². The van der Waals surface area contributed by atoms with Gasteiger partial charge in [0, 0.05) is 6.92 Å². The highest BCUT2D eigenvalue weighted by molar-refractivity contribution is 7.86. The Morgan fingerprint density at radius 1 is 1.20 bits per heavy atom. The van der Waals surface area contributed by atoms with Gasteiger partial charge < -0.3 is 4.55 Å². The highest BCUT2D eigenvalue weighted by atomic mass is 32.2. The number of hydrogen-bond donors (Lipinski definition) is 1. The van der Waals surface area contributed by atoms with Crippen molar-refractivity contribution >= 4 is 10.1 Å². The lowest BCUT2D eigenvalue weighted by Crippen LogP contribution is -2.26. The molecule has 0 aliphatic heterocycles. The minimum Gasteiger partial charge on any atom is -0.741 e. The number of alkyl halides is 3. The van der Waals surface area contributed by atoms with Crippen LogP contribution >= 0.6 is 0 Å². The normalized spacial score (nSPS) is 11.7. The van der Waals surface area contributed by atoms with Crippen LogP contribution in [0.2, 0.25) is 0 Å². The standard InChI is InChI=1S/C10H10N2.CHF3O3S/c1-9-7-12(8-11-9)10-5-3-2-4-6-10;2-1(3,4)8(5,6)7/h2-8H,1H3;(H,5,6,7). The quantitative estimate of drug-likeness (QED) is 0.494. The first-order valence-corrected chi connectivity index (χ1v) is 6.66. The molecule has 0 aliphatic rings. The summed E-state index contributed by atoms with van der Waals surface area (Å²) in [7, 11) is -6.09. The van der Waals surface area contributed by atoms with Crippen molar-refractivity contribution < 1.29 is 30.7 Å². The van der Waals surface area contributed by atoms with Crippen molar-refractivity contribution in [3.63, 3.8) is 0 Å². The predicted octanol–water partition coefficient (Wildman–Crippen LogP) is 1.65. The van der Waals surface area contributed by atoms with E-state index in [2.05, 4.69) is 27.9 Å². The van der Waals surface area contributed by atoms with Crippen LogP contribution in [-0.2, 0) is 10.1 Å². The molecule has 0 amide bonds. The molecule has 0 aliphatic carbocycles. The molecule has 0 saturated heterocycles. The average molecular weight is 308 g/mol. The maximum absolute atomic E-state index is 10.7. The number of nitrogens with one attached hydrogen (secondary N) is 1. The van der Waals surface area contributed by atoms with Gasteiger partial charge in [0.05, 0.1) is 0 Å². The molecule has 110 valence electrons. The van der Waals surface area contributed by atoms with Gasteiger partial charge >= 0.3 is 5.51 Å². The molecular formula is C11H11F3N2O3S. The number of halogens is 3. The van der Waals surface area contributed by atoms with Crippen LogP contribution in [0.25, 0.3) is 5.69 Å². The van der Waals surface area contributed by atoms with E-state index in [4.69, 9.17) is 13.0 Å². The van der Waals surface area contributed by atoms with Gasteiger partial charge in [0.15, 0.2) is 10.1 Å². The fraction of sp³-hybridized carbons (Fsp3) is 0.182. The Kier molecular flexibility index (Phi) is 4.90. The van der Waals surface area contributed by atoms with E-state index in [0.29, 0.717) is 0 Å². The fourth-order valence-electron chi connectivity index (χ4n) is 1.20. The van der Waals surface area contributed by atoms with Gasteiger partial charge in [-0.25, -0.2) is 18.0 Å². The van der Waals surface area contributed by atoms with E-state index in [9.17, 15) is 13.2 Å². The molecule has 9 heteroatoms. The summed E-state index contributed by atoms with van der Waals surface area (Å²) in [6, 6.07) is 10.2. The lowest BCUT2D eigenvalue weighted by atomic mass is 10.3. The minimum absolute atomic E-state index is 1.17. The zero-order valence-electron chi connectivity index (χ0n) is 10.3. The second kappa shape index (κ2) is 6.06. The average Bonchev–Trinajstić information content (AvgIpc) is 2.75. The Morgan fingerprint density at radius 2 is 1.70 bits per heavy atom. The molecule has 0 spiro atoms. The van der Waals surface area contributed by atoms with Crippen molar-refractivity contribution in [2.75, 3.05) is 0 Å². The second-order valence-electron chi connectivity index (χ2n) is 3.73. The summed E-state index contributed by atoms with van der Waals surface area (Å²) in [6.07, 6.45) is 4.01. The Labute approximate surface area is 113 Å².